The van der Waals surface area contributed by atoms with Gasteiger partial charge in [-0.25, -0.2) is 4.79 Å². The van der Waals surface area contributed by atoms with Crippen molar-refractivity contribution in [1.82, 2.24) is 4.90 Å². The zero-order valence-electron chi connectivity index (χ0n) is 13.7. The van der Waals surface area contributed by atoms with Gasteiger partial charge in [0.05, 0.1) is 17.9 Å². The van der Waals surface area contributed by atoms with E-state index < -0.39 is 23.5 Å². The third-order valence-corrected chi connectivity index (χ3v) is 5.59. The number of likely N-dealkylation sites (tertiary alicyclic amines) is 1. The molecule has 0 bridgehead atoms. The van der Waals surface area contributed by atoms with Crippen LogP contribution in [0.2, 0.25) is 0 Å². The van der Waals surface area contributed by atoms with Crippen LogP contribution in [-0.2, 0) is 11.2 Å². The number of piperidine rings is 1. The highest BCUT2D eigenvalue weighted by Crippen LogP contribution is 2.56. The van der Waals surface area contributed by atoms with Crippen LogP contribution in [0, 0.1) is 11.3 Å². The van der Waals surface area contributed by atoms with Crippen molar-refractivity contribution < 1.29 is 27.9 Å². The van der Waals surface area contributed by atoms with Gasteiger partial charge in [0.1, 0.15) is 0 Å². The minimum atomic E-state index is -4.21. The number of hydrogen-bond acceptors (Lipinski definition) is 2. The fourth-order valence-corrected chi connectivity index (χ4v) is 4.07. The van der Waals surface area contributed by atoms with E-state index in [1.807, 2.05) is 0 Å². The summed E-state index contributed by atoms with van der Waals surface area (Å²) in [5.41, 5.74) is -0.00880. The Morgan fingerprint density at radius 2 is 1.84 bits per heavy atom. The third kappa shape index (κ3) is 3.50. The molecule has 1 saturated heterocycles. The predicted molar refractivity (Wildman–Crippen MR) is 84.1 cm³/mol. The van der Waals surface area contributed by atoms with Gasteiger partial charge in [-0.15, -0.1) is 0 Å². The van der Waals surface area contributed by atoms with Crippen LogP contribution in [0.1, 0.15) is 41.6 Å². The average molecular weight is 355 g/mol. The maximum absolute atomic E-state index is 13.3. The summed E-state index contributed by atoms with van der Waals surface area (Å²) >= 11 is 0. The number of carboxylic acid groups (broad SMARTS) is 1. The van der Waals surface area contributed by atoms with Crippen molar-refractivity contribution in [3.63, 3.8) is 0 Å². The van der Waals surface area contributed by atoms with Crippen molar-refractivity contribution in [3.8, 4) is 0 Å². The highest BCUT2D eigenvalue weighted by molar-refractivity contribution is 5.87. The number of alkyl halides is 3. The minimum absolute atomic E-state index is 0.0345. The van der Waals surface area contributed by atoms with Crippen molar-refractivity contribution in [3.05, 3.63) is 35.4 Å². The molecule has 1 aliphatic carbocycles. The Kier molecular flexibility index (Phi) is 4.51. The van der Waals surface area contributed by atoms with Crippen LogP contribution in [0.4, 0.5) is 13.2 Å². The van der Waals surface area contributed by atoms with Gasteiger partial charge in [0.25, 0.3) is 0 Å². The third-order valence-electron chi connectivity index (χ3n) is 5.59. The van der Waals surface area contributed by atoms with Gasteiger partial charge >= 0.3 is 12.1 Å². The molecule has 1 aromatic rings. The van der Waals surface area contributed by atoms with Crippen LogP contribution in [0.5, 0.6) is 0 Å². The molecule has 0 aromatic heterocycles. The van der Waals surface area contributed by atoms with E-state index in [0.717, 1.165) is 6.42 Å². The number of benzene rings is 1. The largest absolute Gasteiger partial charge is 0.478 e. The van der Waals surface area contributed by atoms with Crippen molar-refractivity contribution >= 4 is 11.9 Å². The zero-order valence-corrected chi connectivity index (χ0v) is 13.7. The molecule has 1 N–H and O–H groups in total. The molecule has 7 heteroatoms. The van der Waals surface area contributed by atoms with Crippen molar-refractivity contribution in [1.29, 1.82) is 0 Å². The summed E-state index contributed by atoms with van der Waals surface area (Å²) in [6.07, 6.45) is -2.34. The predicted octanol–water partition coefficient (Wildman–Crippen LogP) is 3.51. The summed E-state index contributed by atoms with van der Waals surface area (Å²) in [7, 11) is 0. The first-order valence-electron chi connectivity index (χ1n) is 8.38. The first kappa shape index (κ1) is 17.8. The van der Waals surface area contributed by atoms with Crippen LogP contribution < -0.4 is 0 Å². The lowest BCUT2D eigenvalue weighted by atomic mass is 9.58. The van der Waals surface area contributed by atoms with E-state index in [2.05, 4.69) is 0 Å². The van der Waals surface area contributed by atoms with Crippen LogP contribution in [0.3, 0.4) is 0 Å². The SMILES string of the molecule is O=C(O)c1ccc(CC(=O)N2CCC(C(F)(F)F)C3(CCC3)C2)cc1. The van der Waals surface area contributed by atoms with Gasteiger partial charge in [-0.05, 0) is 42.4 Å². The van der Waals surface area contributed by atoms with Gasteiger partial charge in [0, 0.05) is 13.1 Å². The fourth-order valence-electron chi connectivity index (χ4n) is 4.07. The maximum Gasteiger partial charge on any atom is 0.392 e. The van der Waals surface area contributed by atoms with E-state index in [0.29, 0.717) is 18.4 Å². The summed E-state index contributed by atoms with van der Waals surface area (Å²) in [4.78, 5) is 24.9. The number of hydrogen-bond donors (Lipinski definition) is 1. The minimum Gasteiger partial charge on any atom is -0.478 e. The van der Waals surface area contributed by atoms with Crippen molar-refractivity contribution in [2.45, 2.75) is 38.3 Å². The van der Waals surface area contributed by atoms with Crippen LogP contribution in [-0.4, -0.2) is 41.1 Å². The number of carbonyl (C=O) groups excluding carboxylic acids is 1. The lowest BCUT2D eigenvalue weighted by Gasteiger charge is -2.54. The van der Waals surface area contributed by atoms with Crippen LogP contribution >= 0.6 is 0 Å². The second-order valence-corrected chi connectivity index (χ2v) is 7.09. The lowest BCUT2D eigenvalue weighted by molar-refractivity contribution is -0.237. The number of rotatable bonds is 3. The molecule has 25 heavy (non-hydrogen) atoms. The Bertz CT molecular complexity index is 665. The van der Waals surface area contributed by atoms with E-state index in [1.54, 1.807) is 17.0 Å². The van der Waals surface area contributed by atoms with Crippen molar-refractivity contribution in [2.24, 2.45) is 11.3 Å². The first-order chi connectivity index (χ1) is 11.7. The standard InChI is InChI=1S/C18H20F3NO3/c19-18(20,21)14-6-9-22(11-17(14)7-1-8-17)15(23)10-12-2-4-13(5-3-12)16(24)25/h2-5,14H,1,6-11H2,(H,24,25). The molecule has 1 atom stereocenters. The molecular weight excluding hydrogens is 335 g/mol. The van der Waals surface area contributed by atoms with E-state index >= 15 is 0 Å². The summed E-state index contributed by atoms with van der Waals surface area (Å²) in [5.74, 6) is -2.55. The molecule has 1 unspecified atom stereocenters. The van der Waals surface area contributed by atoms with E-state index in [1.165, 1.54) is 12.1 Å². The van der Waals surface area contributed by atoms with Gasteiger partial charge in [-0.2, -0.15) is 13.2 Å². The van der Waals surface area contributed by atoms with Crippen LogP contribution in [0.25, 0.3) is 0 Å². The smallest absolute Gasteiger partial charge is 0.392 e. The fraction of sp³-hybridized carbons (Fsp3) is 0.556. The molecule has 2 fully saturated rings. The number of nitrogens with zero attached hydrogens (tertiary/aromatic N) is 1. The Hall–Kier alpha value is -2.05. The zero-order chi connectivity index (χ0) is 18.2. The monoisotopic (exact) mass is 355 g/mol. The topological polar surface area (TPSA) is 57.6 Å². The van der Waals surface area contributed by atoms with Gasteiger partial charge in [-0.1, -0.05) is 18.6 Å². The number of aromatic carboxylic acids is 1. The van der Waals surface area contributed by atoms with Gasteiger partial charge in [0.2, 0.25) is 5.91 Å². The van der Waals surface area contributed by atoms with E-state index in [-0.39, 0.29) is 37.4 Å². The molecule has 1 saturated carbocycles. The number of carboxylic acids is 1. The van der Waals surface area contributed by atoms with Gasteiger partial charge in [0.15, 0.2) is 0 Å². The molecule has 1 heterocycles. The molecule has 0 radical (unpaired) electrons. The van der Waals surface area contributed by atoms with E-state index in [4.69, 9.17) is 5.11 Å². The Morgan fingerprint density at radius 1 is 1.20 bits per heavy atom. The van der Waals surface area contributed by atoms with E-state index in [9.17, 15) is 22.8 Å². The van der Waals surface area contributed by atoms with Crippen molar-refractivity contribution in [2.75, 3.05) is 13.1 Å². The highest BCUT2D eigenvalue weighted by atomic mass is 19.4. The second kappa shape index (κ2) is 6.35. The number of carbonyl (C=O) groups is 2. The lowest BCUT2D eigenvalue weighted by Crippen LogP contribution is -2.57. The highest BCUT2D eigenvalue weighted by Gasteiger charge is 2.58. The summed E-state index contributed by atoms with van der Waals surface area (Å²) in [5, 5.41) is 8.88. The Labute approximate surface area is 143 Å². The normalized spacial score (nSPS) is 22.5. The Balaban J connectivity index is 1.66. The molecule has 136 valence electrons. The molecule has 1 amide bonds. The van der Waals surface area contributed by atoms with Gasteiger partial charge in [-0.3, -0.25) is 4.79 Å². The molecule has 1 aromatic carbocycles. The first-order valence-corrected chi connectivity index (χ1v) is 8.38. The summed E-state index contributed by atoms with van der Waals surface area (Å²) in [6.45, 7) is 0.293. The maximum atomic E-state index is 13.3. The average Bonchev–Trinajstić information content (AvgIpc) is 2.52. The molecule has 1 spiro atoms. The van der Waals surface area contributed by atoms with Crippen LogP contribution in [0.15, 0.2) is 24.3 Å². The number of amides is 1. The molecule has 1 aliphatic heterocycles. The molecule has 3 rings (SSSR count). The summed E-state index contributed by atoms with van der Waals surface area (Å²) < 4.78 is 39.9. The molecule has 2 aliphatic rings. The summed E-state index contributed by atoms with van der Waals surface area (Å²) in [6, 6.07) is 5.99. The van der Waals surface area contributed by atoms with Gasteiger partial charge < -0.3 is 10.0 Å². The molecular formula is C18H20F3NO3. The molecule has 4 nitrogen and oxygen atoms in total. The number of halogens is 3. The second-order valence-electron chi connectivity index (χ2n) is 7.09. The Morgan fingerprint density at radius 3 is 2.32 bits per heavy atom. The quantitative estimate of drug-likeness (QED) is 0.903.